The van der Waals surface area contributed by atoms with Gasteiger partial charge >= 0.3 is 6.18 Å². The highest BCUT2D eigenvalue weighted by atomic mass is 35.5. The number of alkyl halides is 3. The van der Waals surface area contributed by atoms with E-state index >= 15 is 0 Å². The third-order valence-electron chi connectivity index (χ3n) is 8.37. The molecule has 3 fully saturated rings. The number of carbonyl (C=O) groups excluding carboxylic acids is 2. The number of likely N-dealkylation sites (tertiary alicyclic amines) is 1. The van der Waals surface area contributed by atoms with Crippen LogP contribution in [0.5, 0.6) is 0 Å². The first kappa shape index (κ1) is 27.7. The van der Waals surface area contributed by atoms with Crippen LogP contribution in [0.3, 0.4) is 0 Å². The first-order valence-electron chi connectivity index (χ1n) is 13.0. The zero-order chi connectivity index (χ0) is 28.2. The average molecular weight is 565 g/mol. The van der Waals surface area contributed by atoms with Crippen LogP contribution in [0.4, 0.5) is 18.9 Å². The summed E-state index contributed by atoms with van der Waals surface area (Å²) in [5.74, 6) is -1.45. The van der Waals surface area contributed by atoms with Gasteiger partial charge < -0.3 is 19.8 Å². The summed E-state index contributed by atoms with van der Waals surface area (Å²) < 4.78 is 41.7. The Bertz CT molecular complexity index is 1240. The van der Waals surface area contributed by atoms with E-state index in [1.165, 1.54) is 23.1 Å². The number of anilines is 1. The molecule has 1 spiro atoms. The zero-order valence-electron chi connectivity index (χ0n) is 21.9. The van der Waals surface area contributed by atoms with Gasteiger partial charge in [-0.15, -0.1) is 0 Å². The molecule has 2 aromatic rings. The second-order valence-corrected chi connectivity index (χ2v) is 11.6. The Hall–Kier alpha value is -2.82. The summed E-state index contributed by atoms with van der Waals surface area (Å²) in [5, 5.41) is 11.0. The van der Waals surface area contributed by atoms with Crippen molar-refractivity contribution in [2.75, 3.05) is 58.3 Å². The smallest absolute Gasteiger partial charge is 0.369 e. The van der Waals surface area contributed by atoms with Crippen molar-refractivity contribution in [3.05, 3.63) is 64.7 Å². The van der Waals surface area contributed by atoms with Crippen molar-refractivity contribution in [1.82, 2.24) is 14.7 Å². The second kappa shape index (κ2) is 9.98. The molecule has 1 atom stereocenters. The highest BCUT2D eigenvalue weighted by Crippen LogP contribution is 2.52. The van der Waals surface area contributed by atoms with Crippen molar-refractivity contribution >= 4 is 29.1 Å². The van der Waals surface area contributed by atoms with E-state index < -0.39 is 23.2 Å². The standard InChI is InChI=1S/C28H32ClF3N4O3/c1-33(2)24(37)22-9-8-20(14-23(22)29)34-10-12-35(13-11-34)21-15-26(16-21)17-36(18-26)25(38)27(39,28(30,31)32)19-6-4-3-5-7-19/h3-9,14,21,39H,10-13,15-18H2,1-2H3/t27-/m0/s1. The number of benzene rings is 2. The molecule has 0 unspecified atom stereocenters. The Labute approximate surface area is 230 Å². The fourth-order valence-electron chi connectivity index (χ4n) is 6.14. The van der Waals surface area contributed by atoms with Crippen LogP contribution in [0, 0.1) is 5.41 Å². The monoisotopic (exact) mass is 564 g/mol. The lowest BCUT2D eigenvalue weighted by molar-refractivity contribution is -0.267. The van der Waals surface area contributed by atoms with E-state index in [-0.39, 0.29) is 24.4 Å². The molecule has 210 valence electrons. The molecule has 2 amide bonds. The van der Waals surface area contributed by atoms with Crippen LogP contribution in [0.25, 0.3) is 0 Å². The third-order valence-corrected chi connectivity index (χ3v) is 8.69. The largest absolute Gasteiger partial charge is 0.430 e. The van der Waals surface area contributed by atoms with E-state index in [9.17, 15) is 27.9 Å². The molecule has 11 heteroatoms. The SMILES string of the molecule is CN(C)C(=O)c1ccc(N2CCN(C3CC4(C3)CN(C(=O)[C@@](O)(c3ccccc3)C(F)(F)F)C4)CC2)cc1Cl. The van der Waals surface area contributed by atoms with E-state index in [1.807, 2.05) is 12.1 Å². The molecular formula is C28H32ClF3N4O3. The lowest BCUT2D eigenvalue weighted by atomic mass is 9.59. The third kappa shape index (κ3) is 4.87. The van der Waals surface area contributed by atoms with E-state index in [4.69, 9.17) is 11.6 Å². The molecule has 39 heavy (non-hydrogen) atoms. The summed E-state index contributed by atoms with van der Waals surface area (Å²) in [6.45, 7) is 3.71. The minimum atomic E-state index is -5.12. The Balaban J connectivity index is 1.14. The van der Waals surface area contributed by atoms with Gasteiger partial charge in [0, 0.05) is 76.1 Å². The van der Waals surface area contributed by atoms with Crippen LogP contribution in [0.2, 0.25) is 5.02 Å². The lowest BCUT2D eigenvalue weighted by Gasteiger charge is -2.62. The maximum absolute atomic E-state index is 13.9. The van der Waals surface area contributed by atoms with E-state index in [0.29, 0.717) is 16.6 Å². The van der Waals surface area contributed by atoms with Gasteiger partial charge in [0.15, 0.2) is 0 Å². The molecule has 1 aliphatic carbocycles. The van der Waals surface area contributed by atoms with E-state index in [1.54, 1.807) is 20.2 Å². The predicted octanol–water partition coefficient (Wildman–Crippen LogP) is 3.60. The van der Waals surface area contributed by atoms with Gasteiger partial charge in [-0.05, 0) is 31.0 Å². The number of halogens is 4. The normalized spacial score (nSPS) is 21.2. The van der Waals surface area contributed by atoms with Gasteiger partial charge in [-0.25, -0.2) is 0 Å². The highest BCUT2D eigenvalue weighted by Gasteiger charge is 2.65. The Kier molecular flexibility index (Phi) is 7.10. The van der Waals surface area contributed by atoms with Gasteiger partial charge in [-0.2, -0.15) is 13.2 Å². The van der Waals surface area contributed by atoms with Gasteiger partial charge in [0.25, 0.3) is 17.4 Å². The molecule has 2 aromatic carbocycles. The van der Waals surface area contributed by atoms with Crippen molar-refractivity contribution < 1.29 is 27.9 Å². The predicted molar refractivity (Wildman–Crippen MR) is 142 cm³/mol. The fraction of sp³-hybridized carbons (Fsp3) is 0.500. The van der Waals surface area contributed by atoms with Crippen molar-refractivity contribution in [3.63, 3.8) is 0 Å². The summed E-state index contributed by atoms with van der Waals surface area (Å²) in [7, 11) is 3.37. The van der Waals surface area contributed by atoms with Gasteiger partial charge in [0.1, 0.15) is 0 Å². The molecule has 0 aromatic heterocycles. The molecule has 5 rings (SSSR count). The van der Waals surface area contributed by atoms with Crippen LogP contribution in [-0.2, 0) is 10.4 Å². The minimum Gasteiger partial charge on any atom is -0.369 e. The Morgan fingerprint density at radius 2 is 1.62 bits per heavy atom. The highest BCUT2D eigenvalue weighted by molar-refractivity contribution is 6.34. The average Bonchev–Trinajstić information content (AvgIpc) is 2.86. The van der Waals surface area contributed by atoms with Crippen LogP contribution < -0.4 is 4.90 Å². The van der Waals surface area contributed by atoms with Gasteiger partial charge in [0.2, 0.25) is 0 Å². The molecule has 2 aliphatic heterocycles. The number of hydrogen-bond acceptors (Lipinski definition) is 5. The number of carbonyl (C=O) groups is 2. The molecular weight excluding hydrogens is 533 g/mol. The van der Waals surface area contributed by atoms with E-state index in [0.717, 1.165) is 61.7 Å². The number of rotatable bonds is 5. The molecule has 1 N–H and O–H groups in total. The number of aliphatic hydroxyl groups is 1. The molecule has 0 radical (unpaired) electrons. The Morgan fingerprint density at radius 3 is 2.15 bits per heavy atom. The first-order valence-corrected chi connectivity index (χ1v) is 13.4. The summed E-state index contributed by atoms with van der Waals surface area (Å²) in [6.07, 6.45) is -3.48. The van der Waals surface area contributed by atoms with Crippen molar-refractivity contribution in [2.45, 2.75) is 30.7 Å². The topological polar surface area (TPSA) is 67.3 Å². The van der Waals surface area contributed by atoms with Crippen LogP contribution >= 0.6 is 11.6 Å². The fourth-order valence-corrected chi connectivity index (χ4v) is 6.40. The summed E-state index contributed by atoms with van der Waals surface area (Å²) in [4.78, 5) is 32.4. The first-order chi connectivity index (χ1) is 18.3. The van der Waals surface area contributed by atoms with Crippen LogP contribution in [0.1, 0.15) is 28.8 Å². The second-order valence-electron chi connectivity index (χ2n) is 11.2. The number of hydrogen-bond donors (Lipinski definition) is 1. The quantitative estimate of drug-likeness (QED) is 0.601. The lowest BCUT2D eigenvalue weighted by Crippen LogP contribution is -2.71. The van der Waals surface area contributed by atoms with Gasteiger partial charge in [0.05, 0.1) is 10.6 Å². The zero-order valence-corrected chi connectivity index (χ0v) is 22.7. The number of nitrogens with zero attached hydrogens (tertiary/aromatic N) is 4. The summed E-state index contributed by atoms with van der Waals surface area (Å²) in [6, 6.07) is 12.4. The molecule has 0 bridgehead atoms. The van der Waals surface area contributed by atoms with Crippen LogP contribution in [-0.4, -0.2) is 97.2 Å². The Morgan fingerprint density at radius 1 is 1.00 bits per heavy atom. The number of piperazine rings is 1. The van der Waals surface area contributed by atoms with Crippen molar-refractivity contribution in [1.29, 1.82) is 0 Å². The van der Waals surface area contributed by atoms with Gasteiger partial charge in [-0.1, -0.05) is 41.9 Å². The summed E-state index contributed by atoms with van der Waals surface area (Å²) >= 11 is 6.38. The molecule has 1 saturated carbocycles. The van der Waals surface area contributed by atoms with Crippen LogP contribution in [0.15, 0.2) is 48.5 Å². The molecule has 7 nitrogen and oxygen atoms in total. The van der Waals surface area contributed by atoms with Crippen molar-refractivity contribution in [3.8, 4) is 0 Å². The summed E-state index contributed by atoms with van der Waals surface area (Å²) in [5.41, 5.74) is -2.76. The minimum absolute atomic E-state index is 0.144. The molecule has 2 heterocycles. The van der Waals surface area contributed by atoms with Gasteiger partial charge in [-0.3, -0.25) is 14.5 Å². The molecule has 2 saturated heterocycles. The number of amides is 2. The van der Waals surface area contributed by atoms with Crippen molar-refractivity contribution in [2.24, 2.45) is 5.41 Å². The van der Waals surface area contributed by atoms with E-state index in [2.05, 4.69) is 9.80 Å². The molecule has 3 aliphatic rings. The maximum Gasteiger partial charge on any atom is 0.430 e. The maximum atomic E-state index is 13.9.